The molecule has 0 aromatic carbocycles. The molecule has 1 aliphatic carbocycles. The SMILES string of the molecule is NC(=O)C1CCC2(CCCCCC2)N1. The van der Waals surface area contributed by atoms with Crippen LogP contribution in [-0.2, 0) is 4.79 Å². The summed E-state index contributed by atoms with van der Waals surface area (Å²) < 4.78 is 0. The summed E-state index contributed by atoms with van der Waals surface area (Å²) in [7, 11) is 0. The topological polar surface area (TPSA) is 55.1 Å². The van der Waals surface area contributed by atoms with E-state index in [1.54, 1.807) is 0 Å². The highest BCUT2D eigenvalue weighted by Gasteiger charge is 2.39. The second kappa shape index (κ2) is 3.89. The molecular weight excluding hydrogens is 176 g/mol. The zero-order valence-corrected chi connectivity index (χ0v) is 8.72. The summed E-state index contributed by atoms with van der Waals surface area (Å²) in [5.74, 6) is -0.175. The minimum absolute atomic E-state index is 0.0619. The predicted octanol–water partition coefficient (Wildman–Crippen LogP) is 1.32. The normalized spacial score (nSPS) is 31.6. The van der Waals surface area contributed by atoms with Crippen LogP contribution < -0.4 is 11.1 Å². The number of hydrogen-bond acceptors (Lipinski definition) is 2. The van der Waals surface area contributed by atoms with Crippen molar-refractivity contribution in [2.75, 3.05) is 0 Å². The molecule has 0 bridgehead atoms. The minimum atomic E-state index is -0.175. The predicted molar refractivity (Wildman–Crippen MR) is 55.8 cm³/mol. The van der Waals surface area contributed by atoms with Crippen LogP contribution in [0.15, 0.2) is 0 Å². The van der Waals surface area contributed by atoms with Crippen LogP contribution >= 0.6 is 0 Å². The van der Waals surface area contributed by atoms with Crippen molar-refractivity contribution in [1.82, 2.24) is 5.32 Å². The van der Waals surface area contributed by atoms with Crippen LogP contribution in [0.25, 0.3) is 0 Å². The van der Waals surface area contributed by atoms with Crippen molar-refractivity contribution in [3.63, 3.8) is 0 Å². The number of nitrogens with two attached hydrogens (primary N) is 1. The summed E-state index contributed by atoms with van der Waals surface area (Å²) in [5, 5.41) is 3.47. The summed E-state index contributed by atoms with van der Waals surface area (Å²) in [6, 6.07) is -0.0619. The summed E-state index contributed by atoms with van der Waals surface area (Å²) >= 11 is 0. The van der Waals surface area contributed by atoms with Gasteiger partial charge in [0.15, 0.2) is 0 Å². The van der Waals surface area contributed by atoms with Crippen molar-refractivity contribution in [3.8, 4) is 0 Å². The van der Waals surface area contributed by atoms with Crippen molar-refractivity contribution in [1.29, 1.82) is 0 Å². The molecule has 0 aromatic heterocycles. The maximum atomic E-state index is 11.1. The first-order valence-corrected chi connectivity index (χ1v) is 5.79. The lowest BCUT2D eigenvalue weighted by atomic mass is 9.89. The molecule has 1 atom stereocenters. The molecule has 3 N–H and O–H groups in total. The van der Waals surface area contributed by atoms with Crippen LogP contribution in [0.1, 0.15) is 51.4 Å². The van der Waals surface area contributed by atoms with Crippen molar-refractivity contribution in [3.05, 3.63) is 0 Å². The monoisotopic (exact) mass is 196 g/mol. The van der Waals surface area contributed by atoms with Crippen LogP contribution in [0, 0.1) is 0 Å². The van der Waals surface area contributed by atoms with E-state index in [-0.39, 0.29) is 17.5 Å². The number of carbonyl (C=O) groups excluding carboxylic acids is 1. The largest absolute Gasteiger partial charge is 0.368 e. The lowest BCUT2D eigenvalue weighted by Crippen LogP contribution is -2.47. The first-order chi connectivity index (χ1) is 6.72. The fraction of sp³-hybridized carbons (Fsp3) is 0.909. The van der Waals surface area contributed by atoms with E-state index < -0.39 is 0 Å². The Balaban J connectivity index is 1.99. The van der Waals surface area contributed by atoms with Gasteiger partial charge >= 0.3 is 0 Å². The summed E-state index contributed by atoms with van der Waals surface area (Å²) in [6.07, 6.45) is 9.86. The summed E-state index contributed by atoms with van der Waals surface area (Å²) in [6.45, 7) is 0. The highest BCUT2D eigenvalue weighted by molar-refractivity contribution is 5.80. The van der Waals surface area contributed by atoms with Gasteiger partial charge in [-0.25, -0.2) is 0 Å². The minimum Gasteiger partial charge on any atom is -0.368 e. The van der Waals surface area contributed by atoms with E-state index in [0.717, 1.165) is 12.8 Å². The van der Waals surface area contributed by atoms with E-state index in [0.29, 0.717) is 0 Å². The van der Waals surface area contributed by atoms with Gasteiger partial charge in [-0.1, -0.05) is 25.7 Å². The molecule has 2 aliphatic rings. The highest BCUT2D eigenvalue weighted by atomic mass is 16.1. The van der Waals surface area contributed by atoms with Crippen LogP contribution in [0.5, 0.6) is 0 Å². The molecule has 2 rings (SSSR count). The molecule has 1 heterocycles. The Morgan fingerprint density at radius 2 is 1.79 bits per heavy atom. The molecule has 3 nitrogen and oxygen atoms in total. The maximum Gasteiger partial charge on any atom is 0.234 e. The van der Waals surface area contributed by atoms with Gasteiger partial charge in [-0.2, -0.15) is 0 Å². The van der Waals surface area contributed by atoms with Crippen molar-refractivity contribution in [2.45, 2.75) is 62.9 Å². The molecule has 1 amide bonds. The molecule has 1 unspecified atom stereocenters. The fourth-order valence-electron chi connectivity index (χ4n) is 2.95. The first-order valence-electron chi connectivity index (χ1n) is 5.79. The van der Waals surface area contributed by atoms with Crippen LogP contribution in [0.4, 0.5) is 0 Å². The zero-order chi connectivity index (χ0) is 10.0. The number of nitrogens with one attached hydrogen (secondary N) is 1. The third-order valence-electron chi connectivity index (χ3n) is 3.80. The Hall–Kier alpha value is -0.570. The second-order valence-corrected chi connectivity index (χ2v) is 4.83. The molecule has 1 spiro atoms. The van der Waals surface area contributed by atoms with Gasteiger partial charge in [-0.05, 0) is 25.7 Å². The van der Waals surface area contributed by atoms with Gasteiger partial charge in [0, 0.05) is 5.54 Å². The molecular formula is C11H20N2O. The van der Waals surface area contributed by atoms with Gasteiger partial charge in [-0.3, -0.25) is 4.79 Å². The molecule has 14 heavy (non-hydrogen) atoms. The molecule has 80 valence electrons. The average molecular weight is 196 g/mol. The number of amides is 1. The maximum absolute atomic E-state index is 11.1. The molecule has 1 aliphatic heterocycles. The van der Waals surface area contributed by atoms with Crippen LogP contribution in [0.2, 0.25) is 0 Å². The molecule has 0 aromatic rings. The Bertz CT molecular complexity index is 219. The van der Waals surface area contributed by atoms with Gasteiger partial charge in [0.25, 0.3) is 0 Å². The van der Waals surface area contributed by atoms with E-state index in [2.05, 4.69) is 5.32 Å². The molecule has 3 heteroatoms. The van der Waals surface area contributed by atoms with Crippen molar-refractivity contribution < 1.29 is 4.79 Å². The smallest absolute Gasteiger partial charge is 0.234 e. The van der Waals surface area contributed by atoms with Crippen molar-refractivity contribution in [2.24, 2.45) is 5.73 Å². The molecule has 1 saturated carbocycles. The summed E-state index contributed by atoms with van der Waals surface area (Å²) in [4.78, 5) is 11.1. The van der Waals surface area contributed by atoms with E-state index >= 15 is 0 Å². The Morgan fingerprint density at radius 3 is 2.29 bits per heavy atom. The standard InChI is InChI=1S/C11H20N2O/c12-10(14)9-5-8-11(13-9)6-3-1-2-4-7-11/h9,13H,1-8H2,(H2,12,14). The van der Waals surface area contributed by atoms with Gasteiger partial charge in [0.2, 0.25) is 5.91 Å². The van der Waals surface area contributed by atoms with E-state index in [1.165, 1.54) is 38.5 Å². The number of carbonyl (C=O) groups is 1. The van der Waals surface area contributed by atoms with Gasteiger partial charge in [0.05, 0.1) is 6.04 Å². The summed E-state index contributed by atoms with van der Waals surface area (Å²) in [5.41, 5.74) is 5.59. The number of primary amides is 1. The Morgan fingerprint density at radius 1 is 1.14 bits per heavy atom. The Kier molecular flexibility index (Phi) is 2.77. The quantitative estimate of drug-likeness (QED) is 0.664. The van der Waals surface area contributed by atoms with E-state index in [9.17, 15) is 4.79 Å². The Labute approximate surface area is 85.4 Å². The van der Waals surface area contributed by atoms with Crippen LogP contribution in [0.3, 0.4) is 0 Å². The second-order valence-electron chi connectivity index (χ2n) is 4.83. The highest BCUT2D eigenvalue weighted by Crippen LogP contribution is 2.35. The average Bonchev–Trinajstić information content (AvgIpc) is 2.41. The van der Waals surface area contributed by atoms with Gasteiger partial charge in [0.1, 0.15) is 0 Å². The van der Waals surface area contributed by atoms with Gasteiger partial charge < -0.3 is 11.1 Å². The number of rotatable bonds is 1. The van der Waals surface area contributed by atoms with Crippen LogP contribution in [-0.4, -0.2) is 17.5 Å². The third kappa shape index (κ3) is 1.92. The lowest BCUT2D eigenvalue weighted by Gasteiger charge is -2.28. The molecule has 1 saturated heterocycles. The third-order valence-corrected chi connectivity index (χ3v) is 3.80. The molecule has 0 radical (unpaired) electrons. The molecule has 2 fully saturated rings. The first kappa shape index (κ1) is 9.97. The fourth-order valence-corrected chi connectivity index (χ4v) is 2.95. The zero-order valence-electron chi connectivity index (χ0n) is 8.72. The number of hydrogen-bond donors (Lipinski definition) is 2. The van der Waals surface area contributed by atoms with Crippen molar-refractivity contribution >= 4 is 5.91 Å². The van der Waals surface area contributed by atoms with E-state index in [4.69, 9.17) is 5.73 Å². The lowest BCUT2D eigenvalue weighted by molar-refractivity contribution is -0.119. The van der Waals surface area contributed by atoms with E-state index in [1.807, 2.05) is 0 Å². The van der Waals surface area contributed by atoms with Gasteiger partial charge in [-0.15, -0.1) is 0 Å².